The van der Waals surface area contributed by atoms with Crippen molar-refractivity contribution < 1.29 is 0 Å². The first-order valence-corrected chi connectivity index (χ1v) is 14.0. The molecule has 0 heterocycles. The number of hydrogen-bond donors (Lipinski definition) is 0. The van der Waals surface area contributed by atoms with E-state index < -0.39 is 0 Å². The first-order valence-electron chi connectivity index (χ1n) is 14.0. The monoisotopic (exact) mass is 500 g/mol. The van der Waals surface area contributed by atoms with Crippen LogP contribution in [0.5, 0.6) is 0 Å². The zero-order chi connectivity index (χ0) is 27.9. The van der Waals surface area contributed by atoms with Gasteiger partial charge in [-0.2, -0.15) is 0 Å². The number of aryl methyl sites for hydroxylation is 1. The summed E-state index contributed by atoms with van der Waals surface area (Å²) < 4.78 is 0. The van der Waals surface area contributed by atoms with E-state index in [0.29, 0.717) is 0 Å². The van der Waals surface area contributed by atoms with Gasteiger partial charge in [-0.15, -0.1) is 0 Å². The van der Waals surface area contributed by atoms with Crippen LogP contribution < -0.4 is 0 Å². The van der Waals surface area contributed by atoms with Gasteiger partial charge in [0.15, 0.2) is 0 Å². The first-order chi connectivity index (χ1) is 17.7. The Hall–Kier alpha value is -3.12. The summed E-state index contributed by atoms with van der Waals surface area (Å²) in [6, 6.07) is 13.5. The smallest absolute Gasteiger partial charge is 0.0194 e. The van der Waals surface area contributed by atoms with E-state index in [1.165, 1.54) is 66.8 Å². The van der Waals surface area contributed by atoms with E-state index in [1.807, 2.05) is 0 Å². The molecule has 2 aromatic carbocycles. The minimum atomic E-state index is -0.125. The molecule has 0 saturated carbocycles. The summed E-state index contributed by atoms with van der Waals surface area (Å²) >= 11 is 0. The van der Waals surface area contributed by atoms with Gasteiger partial charge in [-0.1, -0.05) is 106 Å². The highest BCUT2D eigenvalue weighted by Gasteiger charge is 2.59. The minimum absolute atomic E-state index is 0.0178. The molecule has 0 fully saturated rings. The Morgan fingerprint density at radius 3 is 2.03 bits per heavy atom. The lowest BCUT2D eigenvalue weighted by Gasteiger charge is -2.62. The van der Waals surface area contributed by atoms with Crippen molar-refractivity contribution >= 4 is 11.1 Å². The van der Waals surface area contributed by atoms with Crippen molar-refractivity contribution in [3.63, 3.8) is 0 Å². The van der Waals surface area contributed by atoms with Crippen LogP contribution in [0.1, 0.15) is 83.6 Å². The largest absolute Gasteiger partial charge is 0.0955 e. The topological polar surface area (TPSA) is 0 Å². The zero-order valence-electron chi connectivity index (χ0n) is 24.9. The molecule has 0 aromatic heterocycles. The third-order valence-electron chi connectivity index (χ3n) is 10.5. The quantitative estimate of drug-likeness (QED) is 0.393. The van der Waals surface area contributed by atoms with Gasteiger partial charge in [-0.3, -0.25) is 0 Å². The van der Waals surface area contributed by atoms with Crippen LogP contribution in [0.4, 0.5) is 0 Å². The number of rotatable bonds is 3. The highest BCUT2D eigenvalue weighted by Crippen LogP contribution is 2.70. The molecule has 0 spiro atoms. The third kappa shape index (κ3) is 3.42. The molecular weight excluding hydrogens is 456 g/mol. The maximum Gasteiger partial charge on any atom is 0.0194 e. The van der Waals surface area contributed by atoms with Gasteiger partial charge >= 0.3 is 0 Å². The summed E-state index contributed by atoms with van der Waals surface area (Å²) in [4.78, 5) is 0. The van der Waals surface area contributed by atoms with E-state index in [0.717, 1.165) is 30.4 Å². The van der Waals surface area contributed by atoms with Crippen molar-refractivity contribution in [1.82, 2.24) is 0 Å². The number of hydrogen-bond acceptors (Lipinski definition) is 0. The molecule has 5 rings (SSSR count). The van der Waals surface area contributed by atoms with Crippen LogP contribution >= 0.6 is 0 Å². The van der Waals surface area contributed by atoms with Gasteiger partial charge in [0.2, 0.25) is 0 Å². The second kappa shape index (κ2) is 8.44. The van der Waals surface area contributed by atoms with E-state index in [9.17, 15) is 0 Å². The predicted molar refractivity (Wildman–Crippen MR) is 167 cm³/mol. The molecule has 0 unspecified atom stereocenters. The van der Waals surface area contributed by atoms with Crippen molar-refractivity contribution in [3.8, 4) is 11.1 Å². The third-order valence-corrected chi connectivity index (χ3v) is 10.5. The summed E-state index contributed by atoms with van der Waals surface area (Å²) in [5.41, 5.74) is 18.2. The van der Waals surface area contributed by atoms with Crippen LogP contribution in [0.25, 0.3) is 22.3 Å². The fourth-order valence-corrected chi connectivity index (χ4v) is 8.74. The second-order valence-electron chi connectivity index (χ2n) is 13.3. The Bertz CT molecular complexity index is 1510. The summed E-state index contributed by atoms with van der Waals surface area (Å²) in [6.07, 6.45) is 3.22. The average molecular weight is 501 g/mol. The molecule has 3 aliphatic carbocycles. The molecule has 0 nitrogen and oxygen atoms in total. The van der Waals surface area contributed by atoms with Gasteiger partial charge in [0.1, 0.15) is 0 Å². The molecule has 2 aromatic rings. The van der Waals surface area contributed by atoms with Gasteiger partial charge in [0, 0.05) is 5.41 Å². The molecule has 196 valence electrons. The Morgan fingerprint density at radius 1 is 0.816 bits per heavy atom. The van der Waals surface area contributed by atoms with Crippen molar-refractivity contribution in [3.05, 3.63) is 118 Å². The number of allylic oxidation sites excluding steroid dienone is 8. The molecule has 0 aliphatic heterocycles. The van der Waals surface area contributed by atoms with Crippen LogP contribution in [-0.4, -0.2) is 0 Å². The molecule has 0 amide bonds. The van der Waals surface area contributed by atoms with E-state index in [2.05, 4.69) is 105 Å². The molecule has 3 atom stereocenters. The summed E-state index contributed by atoms with van der Waals surface area (Å²) in [5, 5.41) is 0. The Labute approximate surface area is 231 Å². The van der Waals surface area contributed by atoms with E-state index >= 15 is 0 Å². The Morgan fingerprint density at radius 2 is 1.45 bits per heavy atom. The maximum absolute atomic E-state index is 4.83. The highest BCUT2D eigenvalue weighted by molar-refractivity contribution is 5.90. The maximum atomic E-state index is 4.83. The molecule has 0 saturated heterocycles. The molecule has 38 heavy (non-hydrogen) atoms. The Balaban J connectivity index is 1.73. The summed E-state index contributed by atoms with van der Waals surface area (Å²) in [7, 11) is 0. The first kappa shape index (κ1) is 26.5. The van der Waals surface area contributed by atoms with Gasteiger partial charge in [0.05, 0.1) is 0 Å². The standard InChI is InChI=1S/C38H44/c1-22(2)29-14-16-30(17-15-29)31-18-13-24(5)34-26(7)35-28(9)38(12)27(8)33(23(3)4)25(6)19-37(38,11)21-36(35,10)20-32(31)34/h13-18H,1,3,7-8,19-21H2,2,4-6,9-12H3/t36-,37+,38-/m1/s1. The van der Waals surface area contributed by atoms with E-state index in [-0.39, 0.29) is 16.2 Å². The van der Waals surface area contributed by atoms with Gasteiger partial charge in [0.25, 0.3) is 0 Å². The van der Waals surface area contributed by atoms with Crippen molar-refractivity contribution in [2.24, 2.45) is 16.2 Å². The molecule has 0 N–H and O–H groups in total. The fourth-order valence-electron chi connectivity index (χ4n) is 8.74. The predicted octanol–water partition coefficient (Wildman–Crippen LogP) is 10.9. The van der Waals surface area contributed by atoms with Crippen LogP contribution in [0.15, 0.2) is 96.2 Å². The van der Waals surface area contributed by atoms with E-state index in [4.69, 9.17) is 13.2 Å². The van der Waals surface area contributed by atoms with E-state index in [1.54, 1.807) is 0 Å². The van der Waals surface area contributed by atoms with Crippen LogP contribution in [0.3, 0.4) is 0 Å². The summed E-state index contributed by atoms with van der Waals surface area (Å²) in [6.45, 7) is 36.6. The summed E-state index contributed by atoms with van der Waals surface area (Å²) in [5.74, 6) is 0. The SMILES string of the molecule is C=C(C)C1=C(C)C[C@@]2(C)C[C@@]3(C)Cc4c(-c5ccc(C(=C)C)cc5)ccc(C)c4C(=C)C3=C(C)[C@@]2(C)C1=C. The molecule has 0 radical (unpaired) electrons. The molecule has 0 bridgehead atoms. The molecule has 0 heteroatoms. The van der Waals surface area contributed by atoms with Gasteiger partial charge < -0.3 is 0 Å². The van der Waals surface area contributed by atoms with Crippen molar-refractivity contribution in [2.45, 2.75) is 74.7 Å². The van der Waals surface area contributed by atoms with Crippen LogP contribution in [0.2, 0.25) is 0 Å². The highest BCUT2D eigenvalue weighted by atomic mass is 14.6. The second-order valence-corrected chi connectivity index (χ2v) is 13.3. The number of fused-ring (bicyclic) bond motifs is 3. The van der Waals surface area contributed by atoms with Crippen molar-refractivity contribution in [1.29, 1.82) is 0 Å². The van der Waals surface area contributed by atoms with Crippen molar-refractivity contribution in [2.75, 3.05) is 0 Å². The lowest BCUT2D eigenvalue weighted by molar-refractivity contribution is 0.0544. The lowest BCUT2D eigenvalue weighted by atomic mass is 9.41. The lowest BCUT2D eigenvalue weighted by Crippen LogP contribution is -2.52. The number of benzene rings is 2. The Kier molecular flexibility index (Phi) is 5.88. The fraction of sp³-hybridized carbons (Fsp3) is 0.368. The normalized spacial score (nSPS) is 28.6. The van der Waals surface area contributed by atoms with Gasteiger partial charge in [-0.05, 0) is 120 Å². The van der Waals surface area contributed by atoms with Crippen LogP contribution in [0, 0.1) is 23.2 Å². The zero-order valence-corrected chi connectivity index (χ0v) is 24.9. The molecular formula is C38H44. The minimum Gasteiger partial charge on any atom is -0.0955 e. The average Bonchev–Trinajstić information content (AvgIpc) is 2.81. The van der Waals surface area contributed by atoms with Gasteiger partial charge in [-0.25, -0.2) is 0 Å². The molecule has 3 aliphatic rings. The van der Waals surface area contributed by atoms with Crippen LogP contribution in [-0.2, 0) is 6.42 Å².